The molecule has 1 aromatic carbocycles. The van der Waals surface area contributed by atoms with E-state index in [2.05, 4.69) is 51.4 Å². The molecule has 0 aliphatic heterocycles. The highest BCUT2D eigenvalue weighted by molar-refractivity contribution is 9.10. The topological polar surface area (TPSA) is 24.9 Å². The van der Waals surface area contributed by atoms with E-state index in [0.29, 0.717) is 5.15 Å². The SMILES string of the molecule is CCC(Nc1ccc(Cl)nc1C)c1cccc(Br)c1. The zero-order valence-electron chi connectivity index (χ0n) is 11.0. The summed E-state index contributed by atoms with van der Waals surface area (Å²) in [6.07, 6.45) is 0.999. The van der Waals surface area contributed by atoms with Crippen molar-refractivity contribution in [2.45, 2.75) is 26.3 Å². The van der Waals surface area contributed by atoms with Gasteiger partial charge in [0, 0.05) is 4.47 Å². The molecule has 0 aliphatic carbocycles. The smallest absolute Gasteiger partial charge is 0.129 e. The van der Waals surface area contributed by atoms with Crippen molar-refractivity contribution in [1.82, 2.24) is 4.98 Å². The van der Waals surface area contributed by atoms with E-state index in [9.17, 15) is 0 Å². The second-order valence-electron chi connectivity index (χ2n) is 4.43. The number of hydrogen-bond donors (Lipinski definition) is 1. The van der Waals surface area contributed by atoms with Crippen LogP contribution in [0.15, 0.2) is 40.9 Å². The molecule has 19 heavy (non-hydrogen) atoms. The van der Waals surface area contributed by atoms with E-state index in [1.807, 2.05) is 25.1 Å². The normalized spacial score (nSPS) is 12.2. The lowest BCUT2D eigenvalue weighted by Crippen LogP contribution is -2.11. The molecule has 0 saturated carbocycles. The highest BCUT2D eigenvalue weighted by Gasteiger charge is 2.11. The lowest BCUT2D eigenvalue weighted by Gasteiger charge is -2.20. The maximum absolute atomic E-state index is 5.88. The minimum atomic E-state index is 0.263. The van der Waals surface area contributed by atoms with Crippen LogP contribution >= 0.6 is 27.5 Å². The Hall–Kier alpha value is -1.06. The van der Waals surface area contributed by atoms with Gasteiger partial charge in [-0.15, -0.1) is 0 Å². The van der Waals surface area contributed by atoms with Gasteiger partial charge in [-0.2, -0.15) is 0 Å². The van der Waals surface area contributed by atoms with Crippen molar-refractivity contribution in [1.29, 1.82) is 0 Å². The number of nitrogens with zero attached hydrogens (tertiary/aromatic N) is 1. The first-order valence-electron chi connectivity index (χ1n) is 6.25. The Kier molecular flexibility index (Phi) is 4.83. The Morgan fingerprint density at radius 1 is 1.32 bits per heavy atom. The largest absolute Gasteiger partial charge is 0.377 e. The van der Waals surface area contributed by atoms with Crippen LogP contribution in [0.5, 0.6) is 0 Å². The van der Waals surface area contributed by atoms with Crippen LogP contribution in [0.1, 0.15) is 30.6 Å². The minimum Gasteiger partial charge on any atom is -0.377 e. The van der Waals surface area contributed by atoms with Crippen LogP contribution in [0, 0.1) is 6.92 Å². The number of nitrogens with one attached hydrogen (secondary N) is 1. The molecule has 0 radical (unpaired) electrons. The van der Waals surface area contributed by atoms with Crippen molar-refractivity contribution in [3.63, 3.8) is 0 Å². The highest BCUT2D eigenvalue weighted by Crippen LogP contribution is 2.26. The van der Waals surface area contributed by atoms with Gasteiger partial charge in [-0.25, -0.2) is 4.98 Å². The molecule has 100 valence electrons. The molecular weight excluding hydrogens is 324 g/mol. The van der Waals surface area contributed by atoms with Crippen LogP contribution in [0.2, 0.25) is 5.15 Å². The summed E-state index contributed by atoms with van der Waals surface area (Å²) in [5, 5.41) is 4.05. The number of rotatable bonds is 4. The molecule has 0 saturated heterocycles. The first-order chi connectivity index (χ1) is 9.10. The molecule has 1 aromatic heterocycles. The van der Waals surface area contributed by atoms with Crippen LogP contribution < -0.4 is 5.32 Å². The summed E-state index contributed by atoms with van der Waals surface area (Å²) in [6, 6.07) is 12.4. The van der Waals surface area contributed by atoms with Gasteiger partial charge in [0.25, 0.3) is 0 Å². The summed E-state index contributed by atoms with van der Waals surface area (Å²) in [4.78, 5) is 4.27. The second kappa shape index (κ2) is 6.40. The lowest BCUT2D eigenvalue weighted by molar-refractivity contribution is 0.747. The number of hydrogen-bond acceptors (Lipinski definition) is 2. The molecule has 0 amide bonds. The number of aryl methyl sites for hydroxylation is 1. The molecule has 1 heterocycles. The van der Waals surface area contributed by atoms with E-state index in [4.69, 9.17) is 11.6 Å². The van der Waals surface area contributed by atoms with E-state index in [1.165, 1.54) is 5.56 Å². The lowest BCUT2D eigenvalue weighted by atomic mass is 10.0. The van der Waals surface area contributed by atoms with E-state index in [-0.39, 0.29) is 6.04 Å². The van der Waals surface area contributed by atoms with E-state index < -0.39 is 0 Å². The number of anilines is 1. The molecule has 4 heteroatoms. The van der Waals surface area contributed by atoms with Gasteiger partial charge in [-0.3, -0.25) is 0 Å². The summed E-state index contributed by atoms with van der Waals surface area (Å²) in [7, 11) is 0. The monoisotopic (exact) mass is 338 g/mol. The number of halogens is 2. The molecule has 0 aliphatic rings. The maximum Gasteiger partial charge on any atom is 0.129 e. The van der Waals surface area contributed by atoms with E-state index in [1.54, 1.807) is 0 Å². The highest BCUT2D eigenvalue weighted by atomic mass is 79.9. The first kappa shape index (κ1) is 14.4. The molecule has 1 atom stereocenters. The molecule has 0 bridgehead atoms. The van der Waals surface area contributed by atoms with E-state index >= 15 is 0 Å². The molecule has 2 rings (SSSR count). The Labute approximate surface area is 127 Å². The van der Waals surface area contributed by atoms with Gasteiger partial charge < -0.3 is 5.32 Å². The van der Waals surface area contributed by atoms with Crippen molar-refractivity contribution >= 4 is 33.2 Å². The summed E-state index contributed by atoms with van der Waals surface area (Å²) >= 11 is 9.39. The molecule has 1 unspecified atom stereocenters. The van der Waals surface area contributed by atoms with Crippen molar-refractivity contribution < 1.29 is 0 Å². The fourth-order valence-electron chi connectivity index (χ4n) is 2.02. The van der Waals surface area contributed by atoms with Crippen LogP contribution in [0.4, 0.5) is 5.69 Å². The fourth-order valence-corrected chi connectivity index (χ4v) is 2.62. The van der Waals surface area contributed by atoms with Crippen molar-refractivity contribution in [2.24, 2.45) is 0 Å². The number of pyridine rings is 1. The predicted octanol–water partition coefficient (Wildman–Crippen LogP) is 5.37. The van der Waals surface area contributed by atoms with Gasteiger partial charge in [0.15, 0.2) is 0 Å². The minimum absolute atomic E-state index is 0.263. The summed E-state index contributed by atoms with van der Waals surface area (Å²) in [6.45, 7) is 4.12. The van der Waals surface area contributed by atoms with Gasteiger partial charge >= 0.3 is 0 Å². The van der Waals surface area contributed by atoms with E-state index in [0.717, 1.165) is 22.3 Å². The quantitative estimate of drug-likeness (QED) is 0.758. The second-order valence-corrected chi connectivity index (χ2v) is 5.73. The summed E-state index contributed by atoms with van der Waals surface area (Å²) in [5.74, 6) is 0. The van der Waals surface area contributed by atoms with Crippen LogP contribution in [-0.2, 0) is 0 Å². The predicted molar refractivity (Wildman–Crippen MR) is 84.8 cm³/mol. The number of benzene rings is 1. The fraction of sp³-hybridized carbons (Fsp3) is 0.267. The molecule has 2 aromatic rings. The van der Waals surface area contributed by atoms with Gasteiger partial charge in [-0.05, 0) is 43.2 Å². The average Bonchev–Trinajstić information content (AvgIpc) is 2.38. The average molecular weight is 340 g/mol. The molecule has 0 fully saturated rings. The Bertz CT molecular complexity index is 572. The maximum atomic E-state index is 5.88. The number of aromatic nitrogens is 1. The van der Waals surface area contributed by atoms with Crippen LogP contribution in [-0.4, -0.2) is 4.98 Å². The van der Waals surface area contributed by atoms with Gasteiger partial charge in [0.2, 0.25) is 0 Å². The van der Waals surface area contributed by atoms with Crippen molar-refractivity contribution in [2.75, 3.05) is 5.32 Å². The van der Waals surface area contributed by atoms with Crippen molar-refractivity contribution in [3.8, 4) is 0 Å². The van der Waals surface area contributed by atoms with Gasteiger partial charge in [0.1, 0.15) is 5.15 Å². The third kappa shape index (κ3) is 3.71. The van der Waals surface area contributed by atoms with Crippen LogP contribution in [0.3, 0.4) is 0 Å². The Morgan fingerprint density at radius 2 is 2.11 bits per heavy atom. The van der Waals surface area contributed by atoms with Gasteiger partial charge in [0.05, 0.1) is 17.4 Å². The third-order valence-electron chi connectivity index (χ3n) is 3.04. The van der Waals surface area contributed by atoms with Gasteiger partial charge in [-0.1, -0.05) is 46.6 Å². The molecule has 1 N–H and O–H groups in total. The Morgan fingerprint density at radius 3 is 2.74 bits per heavy atom. The molecule has 0 spiro atoms. The van der Waals surface area contributed by atoms with Crippen molar-refractivity contribution in [3.05, 3.63) is 57.3 Å². The standard InChI is InChI=1S/C15H16BrClN2/c1-3-13(11-5-4-6-12(16)9-11)19-14-7-8-15(17)18-10(14)2/h4-9,13,19H,3H2,1-2H3. The molecule has 2 nitrogen and oxygen atoms in total. The molecular formula is C15H16BrClN2. The van der Waals surface area contributed by atoms with Crippen LogP contribution in [0.25, 0.3) is 0 Å². The summed E-state index contributed by atoms with van der Waals surface area (Å²) < 4.78 is 1.09. The third-order valence-corrected chi connectivity index (χ3v) is 3.74. The zero-order valence-corrected chi connectivity index (χ0v) is 13.3. The Balaban J connectivity index is 2.24. The first-order valence-corrected chi connectivity index (χ1v) is 7.42. The zero-order chi connectivity index (χ0) is 13.8. The summed E-state index contributed by atoms with van der Waals surface area (Å²) in [5.41, 5.74) is 3.20.